The largest absolute Gasteiger partial charge is 0.462 e. The van der Waals surface area contributed by atoms with Crippen LogP contribution >= 0.6 is 0 Å². The SMILES string of the molecule is C=C(C)C(=O)OCC1CCCCC1COC(=O)C(=C)C. The van der Waals surface area contributed by atoms with E-state index in [9.17, 15) is 9.59 Å². The van der Waals surface area contributed by atoms with Crippen LogP contribution in [-0.4, -0.2) is 25.2 Å². The molecule has 1 rings (SSSR count). The van der Waals surface area contributed by atoms with E-state index in [1.165, 1.54) is 0 Å². The van der Waals surface area contributed by atoms with E-state index < -0.39 is 0 Å². The van der Waals surface area contributed by atoms with Crippen LogP contribution in [-0.2, 0) is 19.1 Å². The lowest BCUT2D eigenvalue weighted by Gasteiger charge is -2.30. The lowest BCUT2D eigenvalue weighted by atomic mass is 9.80. The second kappa shape index (κ2) is 7.88. The van der Waals surface area contributed by atoms with E-state index in [0.717, 1.165) is 25.7 Å². The van der Waals surface area contributed by atoms with E-state index in [0.29, 0.717) is 24.4 Å². The molecule has 0 heterocycles. The molecule has 0 aliphatic heterocycles. The smallest absolute Gasteiger partial charge is 0.333 e. The van der Waals surface area contributed by atoms with Crippen LogP contribution in [0.3, 0.4) is 0 Å². The molecule has 0 aromatic heterocycles. The average Bonchev–Trinajstić information content (AvgIpc) is 2.42. The van der Waals surface area contributed by atoms with E-state index in [2.05, 4.69) is 13.2 Å². The minimum atomic E-state index is -0.353. The zero-order chi connectivity index (χ0) is 15.1. The summed E-state index contributed by atoms with van der Waals surface area (Å²) < 4.78 is 10.5. The van der Waals surface area contributed by atoms with Gasteiger partial charge in [-0.25, -0.2) is 9.59 Å². The summed E-state index contributed by atoms with van der Waals surface area (Å²) in [6.45, 7) is 11.1. The molecule has 2 atom stereocenters. The first kappa shape index (κ1) is 16.5. The minimum Gasteiger partial charge on any atom is -0.462 e. The maximum absolute atomic E-state index is 11.4. The number of hydrogen-bond donors (Lipinski definition) is 0. The molecule has 1 fully saturated rings. The topological polar surface area (TPSA) is 52.6 Å². The molecule has 20 heavy (non-hydrogen) atoms. The number of carbonyl (C=O) groups excluding carboxylic acids is 2. The molecule has 1 aliphatic carbocycles. The Balaban J connectivity index is 2.45. The van der Waals surface area contributed by atoms with Gasteiger partial charge in [-0.1, -0.05) is 26.0 Å². The summed E-state index contributed by atoms with van der Waals surface area (Å²) in [7, 11) is 0. The summed E-state index contributed by atoms with van der Waals surface area (Å²) >= 11 is 0. The standard InChI is InChI=1S/C16H24O4/c1-11(2)15(17)19-9-13-7-5-6-8-14(13)10-20-16(18)12(3)4/h13-14H,1,3,5-10H2,2,4H3. The highest BCUT2D eigenvalue weighted by atomic mass is 16.5. The maximum Gasteiger partial charge on any atom is 0.333 e. The molecule has 0 radical (unpaired) electrons. The van der Waals surface area contributed by atoms with Crippen molar-refractivity contribution in [2.24, 2.45) is 11.8 Å². The summed E-state index contributed by atoms with van der Waals surface area (Å²) in [6.07, 6.45) is 4.25. The lowest BCUT2D eigenvalue weighted by molar-refractivity contribution is -0.145. The van der Waals surface area contributed by atoms with Gasteiger partial charge in [0.15, 0.2) is 0 Å². The van der Waals surface area contributed by atoms with Crippen LogP contribution in [0.15, 0.2) is 24.3 Å². The fourth-order valence-electron chi connectivity index (χ4n) is 2.34. The zero-order valence-electron chi connectivity index (χ0n) is 12.4. The van der Waals surface area contributed by atoms with Crippen molar-refractivity contribution in [2.45, 2.75) is 39.5 Å². The first-order valence-corrected chi connectivity index (χ1v) is 7.07. The maximum atomic E-state index is 11.4. The summed E-state index contributed by atoms with van der Waals surface area (Å²) in [5.74, 6) is -0.198. The summed E-state index contributed by atoms with van der Waals surface area (Å²) in [6, 6.07) is 0. The molecule has 4 heteroatoms. The van der Waals surface area contributed by atoms with Crippen LogP contribution in [0.1, 0.15) is 39.5 Å². The van der Waals surface area contributed by atoms with Crippen molar-refractivity contribution in [3.05, 3.63) is 24.3 Å². The lowest BCUT2D eigenvalue weighted by Crippen LogP contribution is -2.29. The fourth-order valence-corrected chi connectivity index (χ4v) is 2.34. The molecule has 0 aromatic rings. The summed E-state index contributed by atoms with van der Waals surface area (Å²) in [5.41, 5.74) is 0.817. The van der Waals surface area contributed by atoms with Gasteiger partial charge in [0.2, 0.25) is 0 Å². The molecule has 1 saturated carbocycles. The first-order valence-electron chi connectivity index (χ1n) is 7.07. The second-order valence-electron chi connectivity index (χ2n) is 5.56. The Morgan fingerprint density at radius 2 is 1.25 bits per heavy atom. The molecule has 112 valence electrons. The summed E-state index contributed by atoms with van der Waals surface area (Å²) in [4.78, 5) is 22.9. The van der Waals surface area contributed by atoms with Crippen LogP contribution < -0.4 is 0 Å². The number of ether oxygens (including phenoxy) is 2. The van der Waals surface area contributed by atoms with E-state index >= 15 is 0 Å². The average molecular weight is 280 g/mol. The van der Waals surface area contributed by atoms with Crippen molar-refractivity contribution in [3.63, 3.8) is 0 Å². The number of rotatable bonds is 6. The highest BCUT2D eigenvalue weighted by Gasteiger charge is 2.27. The molecule has 0 bridgehead atoms. The zero-order valence-corrected chi connectivity index (χ0v) is 12.4. The quantitative estimate of drug-likeness (QED) is 0.554. The monoisotopic (exact) mass is 280 g/mol. The van der Waals surface area contributed by atoms with Crippen molar-refractivity contribution in [3.8, 4) is 0 Å². The Hall–Kier alpha value is -1.58. The van der Waals surface area contributed by atoms with Crippen molar-refractivity contribution in [1.82, 2.24) is 0 Å². The van der Waals surface area contributed by atoms with Gasteiger partial charge in [0.25, 0.3) is 0 Å². The van der Waals surface area contributed by atoms with Gasteiger partial charge < -0.3 is 9.47 Å². The molecule has 0 N–H and O–H groups in total. The van der Waals surface area contributed by atoms with Crippen LogP contribution in [0.2, 0.25) is 0 Å². The molecule has 1 aliphatic rings. The van der Waals surface area contributed by atoms with Crippen molar-refractivity contribution >= 4 is 11.9 Å². The van der Waals surface area contributed by atoms with Gasteiger partial charge in [-0.2, -0.15) is 0 Å². The number of esters is 2. The fraction of sp³-hybridized carbons (Fsp3) is 0.625. The van der Waals surface area contributed by atoms with Gasteiger partial charge in [0.05, 0.1) is 13.2 Å². The van der Waals surface area contributed by atoms with Crippen molar-refractivity contribution < 1.29 is 19.1 Å². The molecular formula is C16H24O4. The first-order chi connectivity index (χ1) is 9.41. The second-order valence-corrected chi connectivity index (χ2v) is 5.56. The van der Waals surface area contributed by atoms with Crippen molar-refractivity contribution in [1.29, 1.82) is 0 Å². The van der Waals surface area contributed by atoms with E-state index in [1.807, 2.05) is 0 Å². The van der Waals surface area contributed by atoms with E-state index in [4.69, 9.17) is 9.47 Å². The molecular weight excluding hydrogens is 256 g/mol. The Morgan fingerprint density at radius 3 is 1.55 bits per heavy atom. The third-order valence-corrected chi connectivity index (χ3v) is 3.62. The third kappa shape index (κ3) is 5.19. The number of carbonyl (C=O) groups is 2. The predicted molar refractivity (Wildman–Crippen MR) is 77.0 cm³/mol. The van der Waals surface area contributed by atoms with Crippen LogP contribution in [0.25, 0.3) is 0 Å². The van der Waals surface area contributed by atoms with E-state index in [1.54, 1.807) is 13.8 Å². The van der Waals surface area contributed by atoms with Gasteiger partial charge >= 0.3 is 11.9 Å². The molecule has 0 amide bonds. The third-order valence-electron chi connectivity index (χ3n) is 3.62. The molecule has 0 spiro atoms. The Kier molecular flexibility index (Phi) is 6.49. The molecule has 4 nitrogen and oxygen atoms in total. The number of hydrogen-bond acceptors (Lipinski definition) is 4. The van der Waals surface area contributed by atoms with Crippen molar-refractivity contribution in [2.75, 3.05) is 13.2 Å². The van der Waals surface area contributed by atoms with Gasteiger partial charge in [0, 0.05) is 11.1 Å². The Morgan fingerprint density at radius 1 is 0.900 bits per heavy atom. The van der Waals surface area contributed by atoms with E-state index in [-0.39, 0.29) is 23.8 Å². The highest BCUT2D eigenvalue weighted by molar-refractivity contribution is 5.87. The van der Waals surface area contributed by atoms with Gasteiger partial charge in [-0.3, -0.25) is 0 Å². The summed E-state index contributed by atoms with van der Waals surface area (Å²) in [5, 5.41) is 0. The van der Waals surface area contributed by atoms with Crippen LogP contribution in [0, 0.1) is 11.8 Å². The van der Waals surface area contributed by atoms with Crippen LogP contribution in [0.4, 0.5) is 0 Å². The Bertz CT molecular complexity index is 359. The molecule has 0 saturated heterocycles. The Labute approximate surface area is 120 Å². The normalized spacial score (nSPS) is 21.9. The molecule has 0 aromatic carbocycles. The van der Waals surface area contributed by atoms with Crippen LogP contribution in [0.5, 0.6) is 0 Å². The van der Waals surface area contributed by atoms with Gasteiger partial charge in [0.1, 0.15) is 0 Å². The van der Waals surface area contributed by atoms with Gasteiger partial charge in [-0.05, 0) is 38.5 Å². The minimum absolute atomic E-state index is 0.255. The van der Waals surface area contributed by atoms with Gasteiger partial charge in [-0.15, -0.1) is 0 Å². The highest BCUT2D eigenvalue weighted by Crippen LogP contribution is 2.30. The molecule has 2 unspecified atom stereocenters. The predicted octanol–water partition coefficient (Wildman–Crippen LogP) is 3.03.